The number of piperazine rings is 1. The first-order chi connectivity index (χ1) is 17.7. The molecule has 196 valence electrons. The van der Waals surface area contributed by atoms with Crippen LogP contribution in [0.2, 0.25) is 0 Å². The van der Waals surface area contributed by atoms with E-state index < -0.39 is 11.9 Å². The van der Waals surface area contributed by atoms with E-state index in [-0.39, 0.29) is 23.8 Å². The van der Waals surface area contributed by atoms with Crippen LogP contribution < -0.4 is 10.1 Å². The van der Waals surface area contributed by atoms with Crippen molar-refractivity contribution in [3.8, 4) is 5.75 Å². The lowest BCUT2D eigenvalue weighted by Gasteiger charge is -2.42. The van der Waals surface area contributed by atoms with E-state index in [1.165, 1.54) is 5.56 Å². The summed E-state index contributed by atoms with van der Waals surface area (Å²) in [4.78, 5) is 43.5. The summed E-state index contributed by atoms with van der Waals surface area (Å²) in [6.45, 7) is 12.8. The van der Waals surface area contributed by atoms with E-state index in [2.05, 4.69) is 60.2 Å². The number of amides is 3. The van der Waals surface area contributed by atoms with Gasteiger partial charge in [-0.1, -0.05) is 30.3 Å². The van der Waals surface area contributed by atoms with Crippen LogP contribution in [-0.4, -0.2) is 70.2 Å². The van der Waals surface area contributed by atoms with Gasteiger partial charge in [0.25, 0.3) is 5.91 Å². The van der Waals surface area contributed by atoms with Gasteiger partial charge in [0, 0.05) is 55.8 Å². The number of ether oxygens (including phenoxy) is 1. The summed E-state index contributed by atoms with van der Waals surface area (Å²) in [6.07, 6.45) is 0.586. The van der Waals surface area contributed by atoms with E-state index in [0.717, 1.165) is 43.9 Å². The van der Waals surface area contributed by atoms with Crippen LogP contribution >= 0.6 is 0 Å². The molecule has 0 saturated carbocycles. The lowest BCUT2D eigenvalue weighted by atomic mass is 10.0. The summed E-state index contributed by atoms with van der Waals surface area (Å²) >= 11 is 0. The molecule has 37 heavy (non-hydrogen) atoms. The number of imide groups is 1. The second kappa shape index (κ2) is 10.3. The van der Waals surface area contributed by atoms with Gasteiger partial charge in [-0.2, -0.15) is 0 Å². The Morgan fingerprint density at radius 3 is 2.32 bits per heavy atom. The topological polar surface area (TPSA) is 82.2 Å². The average molecular weight is 505 g/mol. The van der Waals surface area contributed by atoms with Crippen LogP contribution in [0.4, 0.5) is 0 Å². The molecular formula is C29H36N4O4. The van der Waals surface area contributed by atoms with Crippen molar-refractivity contribution in [1.29, 1.82) is 0 Å². The highest BCUT2D eigenvalue weighted by atomic mass is 16.5. The third-order valence-electron chi connectivity index (χ3n) is 7.68. The first-order valence-corrected chi connectivity index (χ1v) is 13.1. The molecule has 0 aliphatic carbocycles. The molecular weight excluding hydrogens is 468 g/mol. The van der Waals surface area contributed by atoms with Gasteiger partial charge >= 0.3 is 0 Å². The number of nitrogens with zero attached hydrogens (tertiary/aromatic N) is 3. The van der Waals surface area contributed by atoms with E-state index in [1.54, 1.807) is 11.0 Å². The van der Waals surface area contributed by atoms with Crippen LogP contribution in [-0.2, 0) is 29.3 Å². The third kappa shape index (κ3) is 5.55. The van der Waals surface area contributed by atoms with Crippen LogP contribution in [0.15, 0.2) is 42.5 Å². The lowest BCUT2D eigenvalue weighted by Crippen LogP contribution is -2.53. The molecule has 3 aliphatic rings. The van der Waals surface area contributed by atoms with Crippen molar-refractivity contribution in [3.05, 3.63) is 64.7 Å². The van der Waals surface area contributed by atoms with Gasteiger partial charge in [0.1, 0.15) is 18.4 Å². The van der Waals surface area contributed by atoms with Gasteiger partial charge in [-0.05, 0) is 50.5 Å². The standard InChI is InChI=1S/C29H36N4O4/c1-29(2,3)32-15-13-31(14-16-32)17-20-7-9-21(10-8-20)19-37-25-6-4-5-22-23(25)18-33(28(22)36)24-11-12-26(34)30-27(24)35/h4-10,24H,11-19H2,1-3H3,(H,30,34,35). The van der Waals surface area contributed by atoms with Crippen molar-refractivity contribution in [2.45, 2.75) is 64.9 Å². The van der Waals surface area contributed by atoms with E-state index >= 15 is 0 Å². The molecule has 0 aromatic heterocycles. The highest BCUT2D eigenvalue weighted by Gasteiger charge is 2.40. The summed E-state index contributed by atoms with van der Waals surface area (Å²) in [5, 5.41) is 2.34. The smallest absolute Gasteiger partial charge is 0.255 e. The quantitative estimate of drug-likeness (QED) is 0.610. The van der Waals surface area contributed by atoms with Crippen LogP contribution in [0, 0.1) is 0 Å². The zero-order valence-electron chi connectivity index (χ0n) is 22.0. The minimum atomic E-state index is -0.630. The van der Waals surface area contributed by atoms with E-state index in [0.29, 0.717) is 30.9 Å². The minimum absolute atomic E-state index is 0.192. The normalized spacial score (nSPS) is 21.2. The SMILES string of the molecule is CC(C)(C)N1CCN(Cc2ccc(COc3cccc4c3CN(C3CCC(=O)NC3=O)C4=O)cc2)CC1. The van der Waals surface area contributed by atoms with Crippen molar-refractivity contribution in [1.82, 2.24) is 20.0 Å². The molecule has 3 amide bonds. The van der Waals surface area contributed by atoms with Crippen LogP contribution in [0.1, 0.15) is 60.7 Å². The Morgan fingerprint density at radius 2 is 1.65 bits per heavy atom. The molecule has 1 atom stereocenters. The van der Waals surface area contributed by atoms with Gasteiger partial charge in [-0.25, -0.2) is 0 Å². The van der Waals surface area contributed by atoms with Crippen molar-refractivity contribution < 1.29 is 19.1 Å². The van der Waals surface area contributed by atoms with Gasteiger partial charge in [0.05, 0.1) is 6.54 Å². The average Bonchev–Trinajstić information content (AvgIpc) is 3.20. The Morgan fingerprint density at radius 1 is 0.946 bits per heavy atom. The zero-order chi connectivity index (χ0) is 26.2. The number of hydrogen-bond acceptors (Lipinski definition) is 6. The Kier molecular flexibility index (Phi) is 7.05. The van der Waals surface area contributed by atoms with Crippen molar-refractivity contribution in [3.63, 3.8) is 0 Å². The summed E-state index contributed by atoms with van der Waals surface area (Å²) in [5.74, 6) is -0.233. The maximum atomic E-state index is 13.0. The van der Waals surface area contributed by atoms with Gasteiger partial charge in [0.15, 0.2) is 0 Å². The second-order valence-corrected chi connectivity index (χ2v) is 11.2. The molecule has 8 nitrogen and oxygen atoms in total. The van der Waals surface area contributed by atoms with E-state index in [4.69, 9.17) is 4.74 Å². The Bertz CT molecular complexity index is 1180. The molecule has 1 unspecified atom stereocenters. The predicted molar refractivity (Wildman–Crippen MR) is 140 cm³/mol. The maximum Gasteiger partial charge on any atom is 0.255 e. The number of rotatable bonds is 6. The molecule has 2 aromatic rings. The molecule has 2 saturated heterocycles. The van der Waals surface area contributed by atoms with Crippen molar-refractivity contribution >= 4 is 17.7 Å². The molecule has 5 rings (SSSR count). The molecule has 0 bridgehead atoms. The lowest BCUT2D eigenvalue weighted by molar-refractivity contribution is -0.136. The fourth-order valence-electron chi connectivity index (χ4n) is 5.43. The van der Waals surface area contributed by atoms with Crippen molar-refractivity contribution in [2.24, 2.45) is 0 Å². The summed E-state index contributed by atoms with van der Waals surface area (Å²) < 4.78 is 6.15. The van der Waals surface area contributed by atoms with E-state index in [9.17, 15) is 14.4 Å². The fourth-order valence-corrected chi connectivity index (χ4v) is 5.43. The Labute approximate surface area is 218 Å². The molecule has 1 N–H and O–H groups in total. The van der Waals surface area contributed by atoms with E-state index in [1.807, 2.05) is 12.1 Å². The molecule has 0 radical (unpaired) electrons. The number of piperidine rings is 1. The number of carbonyl (C=O) groups excluding carboxylic acids is 3. The summed E-state index contributed by atoms with van der Waals surface area (Å²) in [6, 6.07) is 13.3. The molecule has 3 heterocycles. The predicted octanol–water partition coefficient (Wildman–Crippen LogP) is 2.94. The first kappa shape index (κ1) is 25.4. The molecule has 3 aliphatic heterocycles. The fraction of sp³-hybridized carbons (Fsp3) is 0.483. The van der Waals surface area contributed by atoms with Crippen molar-refractivity contribution in [2.75, 3.05) is 26.2 Å². The second-order valence-electron chi connectivity index (χ2n) is 11.2. The number of fused-ring (bicyclic) bond motifs is 1. The van der Waals surface area contributed by atoms with Gasteiger partial charge < -0.3 is 9.64 Å². The number of hydrogen-bond donors (Lipinski definition) is 1. The van der Waals surface area contributed by atoms with Gasteiger partial charge in [0.2, 0.25) is 11.8 Å². The molecule has 0 spiro atoms. The summed E-state index contributed by atoms with van der Waals surface area (Å²) in [5.41, 5.74) is 3.93. The summed E-state index contributed by atoms with van der Waals surface area (Å²) in [7, 11) is 0. The molecule has 2 fully saturated rings. The van der Waals surface area contributed by atoms with Crippen LogP contribution in [0.5, 0.6) is 5.75 Å². The number of carbonyl (C=O) groups is 3. The molecule has 2 aromatic carbocycles. The minimum Gasteiger partial charge on any atom is -0.489 e. The highest BCUT2D eigenvalue weighted by molar-refractivity contribution is 6.05. The number of benzene rings is 2. The Hall–Kier alpha value is -3.23. The van der Waals surface area contributed by atoms with Crippen LogP contribution in [0.3, 0.4) is 0 Å². The third-order valence-corrected chi connectivity index (χ3v) is 7.68. The largest absolute Gasteiger partial charge is 0.489 e. The van der Waals surface area contributed by atoms with Gasteiger partial charge in [-0.3, -0.25) is 29.5 Å². The Balaban J connectivity index is 1.17. The number of nitrogens with one attached hydrogen (secondary N) is 1. The maximum absolute atomic E-state index is 13.0. The van der Waals surface area contributed by atoms with Gasteiger partial charge in [-0.15, -0.1) is 0 Å². The zero-order valence-corrected chi connectivity index (χ0v) is 22.0. The molecule has 8 heteroatoms. The van der Waals surface area contributed by atoms with Crippen LogP contribution in [0.25, 0.3) is 0 Å². The first-order valence-electron chi connectivity index (χ1n) is 13.1. The monoisotopic (exact) mass is 504 g/mol. The highest BCUT2D eigenvalue weighted by Crippen LogP contribution is 2.34.